The van der Waals surface area contributed by atoms with Gasteiger partial charge in [-0.2, -0.15) is 0 Å². The number of hydrogen-bond donors (Lipinski definition) is 3. The minimum Gasteiger partial charge on any atom is -0.376 e. The number of anilines is 2. The monoisotopic (exact) mass is 339 g/mol. The summed E-state index contributed by atoms with van der Waals surface area (Å²) >= 11 is 0. The summed E-state index contributed by atoms with van der Waals surface area (Å²) in [6.45, 7) is 5.72. The van der Waals surface area contributed by atoms with Gasteiger partial charge in [-0.1, -0.05) is 30.3 Å². The molecule has 5 nitrogen and oxygen atoms in total. The normalized spacial score (nSPS) is 11.5. The lowest BCUT2D eigenvalue weighted by Crippen LogP contribution is -2.37. The van der Waals surface area contributed by atoms with Crippen LogP contribution in [0.15, 0.2) is 48.5 Å². The van der Waals surface area contributed by atoms with Crippen LogP contribution >= 0.6 is 0 Å². The lowest BCUT2D eigenvalue weighted by atomic mass is 10.0. The van der Waals surface area contributed by atoms with Crippen LogP contribution in [0.1, 0.15) is 25.0 Å². The van der Waals surface area contributed by atoms with Crippen molar-refractivity contribution in [3.05, 3.63) is 59.7 Å². The van der Waals surface area contributed by atoms with Crippen LogP contribution in [0.3, 0.4) is 0 Å². The Morgan fingerprint density at radius 3 is 2.48 bits per heavy atom. The molecular formula is C20H25N3O2. The van der Waals surface area contributed by atoms with Crippen molar-refractivity contribution in [3.8, 4) is 0 Å². The molecule has 2 aromatic rings. The van der Waals surface area contributed by atoms with E-state index in [-0.39, 0.29) is 24.4 Å². The quantitative estimate of drug-likeness (QED) is 0.726. The van der Waals surface area contributed by atoms with Crippen molar-refractivity contribution in [1.29, 1.82) is 0 Å². The number of nitrogens with one attached hydrogen (secondary N) is 3. The smallest absolute Gasteiger partial charge is 0.239 e. The van der Waals surface area contributed by atoms with Gasteiger partial charge in [0.25, 0.3) is 0 Å². The largest absolute Gasteiger partial charge is 0.376 e. The number of amides is 2. The van der Waals surface area contributed by atoms with Gasteiger partial charge in [0.1, 0.15) is 0 Å². The maximum Gasteiger partial charge on any atom is 0.239 e. The van der Waals surface area contributed by atoms with E-state index in [1.165, 1.54) is 18.1 Å². The molecule has 2 aromatic carbocycles. The van der Waals surface area contributed by atoms with Crippen LogP contribution in [0.4, 0.5) is 11.4 Å². The van der Waals surface area contributed by atoms with Gasteiger partial charge in [-0.15, -0.1) is 0 Å². The number of carbonyl (C=O) groups is 2. The zero-order valence-electron chi connectivity index (χ0n) is 14.9. The van der Waals surface area contributed by atoms with Gasteiger partial charge in [0.15, 0.2) is 0 Å². The predicted molar refractivity (Wildman–Crippen MR) is 102 cm³/mol. The first-order chi connectivity index (χ1) is 11.9. The Bertz CT molecular complexity index is 743. The van der Waals surface area contributed by atoms with Crippen molar-refractivity contribution in [1.82, 2.24) is 5.32 Å². The summed E-state index contributed by atoms with van der Waals surface area (Å²) in [6.07, 6.45) is 0.802. The second kappa shape index (κ2) is 8.87. The summed E-state index contributed by atoms with van der Waals surface area (Å²) in [6, 6.07) is 15.5. The molecule has 0 spiro atoms. The molecule has 0 aliphatic rings. The van der Waals surface area contributed by atoms with E-state index in [0.29, 0.717) is 5.69 Å². The van der Waals surface area contributed by atoms with Crippen LogP contribution in [0, 0.1) is 6.92 Å². The molecule has 0 unspecified atom stereocenters. The zero-order valence-corrected chi connectivity index (χ0v) is 14.9. The molecule has 0 aliphatic heterocycles. The molecule has 3 N–H and O–H groups in total. The summed E-state index contributed by atoms with van der Waals surface area (Å²) in [7, 11) is 0. The molecule has 2 amide bonds. The van der Waals surface area contributed by atoms with Gasteiger partial charge in [0.05, 0.1) is 6.54 Å². The summed E-state index contributed by atoms with van der Waals surface area (Å²) in [5, 5.41) is 8.79. The van der Waals surface area contributed by atoms with E-state index >= 15 is 0 Å². The molecule has 5 heteroatoms. The molecule has 0 aromatic heterocycles. The Labute approximate surface area is 148 Å². The van der Waals surface area contributed by atoms with Gasteiger partial charge < -0.3 is 16.0 Å². The molecule has 0 bridgehead atoms. The molecule has 132 valence electrons. The van der Waals surface area contributed by atoms with E-state index in [9.17, 15) is 9.59 Å². The summed E-state index contributed by atoms with van der Waals surface area (Å²) in [4.78, 5) is 23.2. The van der Waals surface area contributed by atoms with Crippen LogP contribution in [0.25, 0.3) is 0 Å². The van der Waals surface area contributed by atoms with Crippen molar-refractivity contribution in [2.24, 2.45) is 0 Å². The summed E-state index contributed by atoms with van der Waals surface area (Å²) in [5.41, 5.74) is 3.96. The van der Waals surface area contributed by atoms with Crippen LogP contribution < -0.4 is 16.0 Å². The maximum atomic E-state index is 12.1. The van der Waals surface area contributed by atoms with Gasteiger partial charge >= 0.3 is 0 Å². The molecule has 0 saturated carbocycles. The van der Waals surface area contributed by atoms with E-state index in [0.717, 1.165) is 12.1 Å². The number of rotatable bonds is 7. The number of hydrogen-bond acceptors (Lipinski definition) is 3. The van der Waals surface area contributed by atoms with Crippen molar-refractivity contribution >= 4 is 23.2 Å². The molecule has 1 atom stereocenters. The summed E-state index contributed by atoms with van der Waals surface area (Å²) in [5.74, 6) is -0.189. The average molecular weight is 339 g/mol. The van der Waals surface area contributed by atoms with Crippen molar-refractivity contribution in [2.45, 2.75) is 33.2 Å². The third kappa shape index (κ3) is 6.30. The summed E-state index contributed by atoms with van der Waals surface area (Å²) < 4.78 is 0. The van der Waals surface area contributed by atoms with Gasteiger partial charge in [0, 0.05) is 24.3 Å². The van der Waals surface area contributed by atoms with Crippen LogP contribution in [0.2, 0.25) is 0 Å². The van der Waals surface area contributed by atoms with Gasteiger partial charge in [-0.3, -0.25) is 9.59 Å². The molecule has 0 radical (unpaired) electrons. The fraction of sp³-hybridized carbons (Fsp3) is 0.300. The SMILES string of the molecule is CC(=O)Nc1cccc(NCC(=O)N[C@H](C)Cc2ccccc2C)c1. The molecular weight excluding hydrogens is 314 g/mol. The third-order valence-corrected chi connectivity index (χ3v) is 3.83. The standard InChI is InChI=1S/C20H25N3O2/c1-14-7-4-5-8-17(14)11-15(2)22-20(25)13-21-18-9-6-10-19(12-18)23-16(3)24/h4-10,12,15,21H,11,13H2,1-3H3,(H,22,25)(H,23,24)/t15-/m1/s1. The van der Waals surface area contributed by atoms with E-state index < -0.39 is 0 Å². The topological polar surface area (TPSA) is 70.2 Å². The van der Waals surface area contributed by atoms with Crippen molar-refractivity contribution < 1.29 is 9.59 Å². The Hall–Kier alpha value is -2.82. The lowest BCUT2D eigenvalue weighted by Gasteiger charge is -2.16. The highest BCUT2D eigenvalue weighted by Crippen LogP contribution is 2.14. The minimum absolute atomic E-state index is 0.0566. The Morgan fingerprint density at radius 2 is 1.76 bits per heavy atom. The second-order valence-electron chi connectivity index (χ2n) is 6.21. The fourth-order valence-corrected chi connectivity index (χ4v) is 2.64. The Balaban J connectivity index is 1.82. The molecule has 2 rings (SSSR count). The van der Waals surface area contributed by atoms with Crippen LogP contribution in [-0.4, -0.2) is 24.4 Å². The van der Waals surface area contributed by atoms with Crippen LogP contribution in [0.5, 0.6) is 0 Å². The average Bonchev–Trinajstić information content (AvgIpc) is 2.55. The highest BCUT2D eigenvalue weighted by Gasteiger charge is 2.09. The second-order valence-corrected chi connectivity index (χ2v) is 6.21. The zero-order chi connectivity index (χ0) is 18.2. The van der Waals surface area contributed by atoms with Crippen LogP contribution in [-0.2, 0) is 16.0 Å². The van der Waals surface area contributed by atoms with E-state index in [4.69, 9.17) is 0 Å². The van der Waals surface area contributed by atoms with Gasteiger partial charge in [0.2, 0.25) is 11.8 Å². The Morgan fingerprint density at radius 1 is 1.04 bits per heavy atom. The fourth-order valence-electron chi connectivity index (χ4n) is 2.64. The van der Waals surface area contributed by atoms with Crippen molar-refractivity contribution in [2.75, 3.05) is 17.2 Å². The lowest BCUT2D eigenvalue weighted by molar-refractivity contribution is -0.120. The van der Waals surface area contributed by atoms with Crippen molar-refractivity contribution in [3.63, 3.8) is 0 Å². The highest BCUT2D eigenvalue weighted by molar-refractivity contribution is 5.89. The van der Waals surface area contributed by atoms with E-state index in [1.54, 1.807) is 12.1 Å². The molecule has 0 aliphatic carbocycles. The maximum absolute atomic E-state index is 12.1. The number of carbonyl (C=O) groups excluding carboxylic acids is 2. The highest BCUT2D eigenvalue weighted by atomic mass is 16.2. The first-order valence-corrected chi connectivity index (χ1v) is 8.39. The molecule has 25 heavy (non-hydrogen) atoms. The first-order valence-electron chi connectivity index (χ1n) is 8.39. The van der Waals surface area contributed by atoms with Gasteiger partial charge in [-0.25, -0.2) is 0 Å². The Kier molecular flexibility index (Phi) is 6.57. The first kappa shape index (κ1) is 18.5. The number of aryl methyl sites for hydroxylation is 1. The molecule has 0 heterocycles. The minimum atomic E-state index is -0.125. The predicted octanol–water partition coefficient (Wildman–Crippen LogP) is 3.11. The van der Waals surface area contributed by atoms with Gasteiger partial charge in [-0.05, 0) is 49.6 Å². The van der Waals surface area contributed by atoms with E-state index in [1.807, 2.05) is 31.2 Å². The van der Waals surface area contributed by atoms with E-state index in [2.05, 4.69) is 35.0 Å². The third-order valence-electron chi connectivity index (χ3n) is 3.83. The molecule has 0 saturated heterocycles. The number of benzene rings is 2. The molecule has 0 fully saturated rings.